The SMILES string of the molecule is Cc1cc(C)c2[nH]c(C(=O)N3CCCC34CCN(C(=O)OC(C(F)(F)F)C(F)(F)F)CC4)c(C)c2c1. The second-order valence-corrected chi connectivity index (χ2v) is 9.75. The molecule has 0 aliphatic carbocycles. The number of carbonyl (C=O) groups is 2. The fourth-order valence-corrected chi connectivity index (χ4v) is 5.51. The molecule has 2 saturated heterocycles. The van der Waals surface area contributed by atoms with Gasteiger partial charge in [0.1, 0.15) is 5.69 Å². The molecule has 1 aromatic heterocycles. The highest BCUT2D eigenvalue weighted by molar-refractivity contribution is 6.02. The number of aromatic nitrogens is 1. The summed E-state index contributed by atoms with van der Waals surface area (Å²) in [6, 6.07) is 4.02. The van der Waals surface area contributed by atoms with Crippen molar-refractivity contribution < 1.29 is 40.7 Å². The van der Waals surface area contributed by atoms with Gasteiger partial charge in [0.25, 0.3) is 12.0 Å². The van der Waals surface area contributed by atoms with Gasteiger partial charge in [-0.2, -0.15) is 26.3 Å². The van der Waals surface area contributed by atoms with E-state index < -0.39 is 30.1 Å². The van der Waals surface area contributed by atoms with Crippen molar-refractivity contribution in [2.45, 2.75) is 70.4 Å². The summed E-state index contributed by atoms with van der Waals surface area (Å²) in [7, 11) is 0. The number of fused-ring (bicyclic) bond motifs is 1. The second-order valence-electron chi connectivity index (χ2n) is 9.75. The molecule has 2 aromatic rings. The van der Waals surface area contributed by atoms with Crippen LogP contribution in [0.5, 0.6) is 0 Å². The second kappa shape index (κ2) is 8.88. The number of H-pyrrole nitrogens is 1. The highest BCUT2D eigenvalue weighted by Gasteiger charge is 2.60. The number of piperidine rings is 1. The number of rotatable bonds is 2. The Morgan fingerprint density at radius 3 is 2.17 bits per heavy atom. The van der Waals surface area contributed by atoms with Crippen LogP contribution in [0.4, 0.5) is 31.1 Å². The Kier molecular flexibility index (Phi) is 6.45. The summed E-state index contributed by atoms with van der Waals surface area (Å²) < 4.78 is 80.5. The molecule has 198 valence electrons. The number of nitrogens with one attached hydrogen (secondary N) is 1. The van der Waals surface area contributed by atoms with Crippen LogP contribution in [-0.2, 0) is 4.74 Å². The van der Waals surface area contributed by atoms with Crippen LogP contribution in [0.3, 0.4) is 0 Å². The number of alkyl halides is 6. The predicted octanol–water partition coefficient (Wildman–Crippen LogP) is 5.79. The van der Waals surface area contributed by atoms with Crippen molar-refractivity contribution in [3.05, 3.63) is 34.5 Å². The van der Waals surface area contributed by atoms with Crippen molar-refractivity contribution in [1.29, 1.82) is 0 Å². The number of aromatic amines is 1. The van der Waals surface area contributed by atoms with Crippen LogP contribution in [0.1, 0.15) is 52.9 Å². The number of hydrogen-bond acceptors (Lipinski definition) is 3. The van der Waals surface area contributed by atoms with E-state index in [1.54, 1.807) is 4.90 Å². The summed E-state index contributed by atoms with van der Waals surface area (Å²) >= 11 is 0. The summed E-state index contributed by atoms with van der Waals surface area (Å²) in [5, 5.41) is 0.950. The van der Waals surface area contributed by atoms with E-state index in [9.17, 15) is 35.9 Å². The van der Waals surface area contributed by atoms with Gasteiger partial charge in [0.05, 0.1) is 0 Å². The first kappa shape index (κ1) is 26.2. The first-order valence-corrected chi connectivity index (χ1v) is 11.6. The Morgan fingerprint density at radius 1 is 0.972 bits per heavy atom. The molecule has 4 rings (SSSR count). The van der Waals surface area contributed by atoms with Crippen molar-refractivity contribution in [2.75, 3.05) is 19.6 Å². The lowest BCUT2D eigenvalue weighted by Gasteiger charge is -2.44. The van der Waals surface area contributed by atoms with Crippen LogP contribution in [0.15, 0.2) is 12.1 Å². The average molecular weight is 519 g/mol. The molecule has 1 spiro atoms. The Labute approximate surface area is 203 Å². The van der Waals surface area contributed by atoms with Gasteiger partial charge in [-0.3, -0.25) is 4.79 Å². The molecule has 1 aromatic carbocycles. The smallest absolute Gasteiger partial charge is 0.426 e. The molecule has 0 atom stereocenters. The maximum atomic E-state index is 13.6. The van der Waals surface area contributed by atoms with Crippen LogP contribution < -0.4 is 0 Å². The minimum atomic E-state index is -5.77. The van der Waals surface area contributed by atoms with Gasteiger partial charge in [-0.15, -0.1) is 0 Å². The number of ether oxygens (including phenoxy) is 1. The molecular weight excluding hydrogens is 492 g/mol. The van der Waals surface area contributed by atoms with Crippen LogP contribution in [0.25, 0.3) is 10.9 Å². The van der Waals surface area contributed by atoms with Crippen LogP contribution >= 0.6 is 0 Å². The number of benzene rings is 1. The summed E-state index contributed by atoms with van der Waals surface area (Å²) in [6.45, 7) is 6.03. The third-order valence-corrected chi connectivity index (χ3v) is 7.33. The molecule has 6 nitrogen and oxygen atoms in total. The van der Waals surface area contributed by atoms with Crippen LogP contribution in [-0.4, -0.2) is 70.4 Å². The third-order valence-electron chi connectivity index (χ3n) is 7.33. The summed E-state index contributed by atoms with van der Waals surface area (Å²) in [6.07, 6.45) is -15.6. The predicted molar refractivity (Wildman–Crippen MR) is 119 cm³/mol. The Balaban J connectivity index is 1.50. The zero-order valence-electron chi connectivity index (χ0n) is 20.1. The summed E-state index contributed by atoms with van der Waals surface area (Å²) in [4.78, 5) is 31.6. The molecule has 2 aliphatic rings. The lowest BCUT2D eigenvalue weighted by atomic mass is 9.85. The highest BCUT2D eigenvalue weighted by Crippen LogP contribution is 2.41. The van der Waals surface area contributed by atoms with Crippen molar-refractivity contribution in [1.82, 2.24) is 14.8 Å². The fourth-order valence-electron chi connectivity index (χ4n) is 5.51. The number of halogens is 6. The van der Waals surface area contributed by atoms with E-state index in [4.69, 9.17) is 0 Å². The molecule has 0 bridgehead atoms. The number of nitrogens with zero attached hydrogens (tertiary/aromatic N) is 2. The van der Waals surface area contributed by atoms with Gasteiger partial charge in [0.2, 0.25) is 0 Å². The van der Waals surface area contributed by atoms with Gasteiger partial charge in [-0.1, -0.05) is 11.6 Å². The number of likely N-dealkylation sites (tertiary alicyclic amines) is 2. The monoisotopic (exact) mass is 519 g/mol. The summed E-state index contributed by atoms with van der Waals surface area (Å²) in [5.41, 5.74) is 3.59. The maximum absolute atomic E-state index is 13.6. The quantitative estimate of drug-likeness (QED) is 0.511. The molecule has 12 heteroatoms. The van der Waals surface area contributed by atoms with E-state index in [2.05, 4.69) is 9.72 Å². The van der Waals surface area contributed by atoms with Gasteiger partial charge in [-0.25, -0.2) is 4.79 Å². The van der Waals surface area contributed by atoms with E-state index in [1.807, 2.05) is 32.9 Å². The first-order chi connectivity index (χ1) is 16.6. The van der Waals surface area contributed by atoms with Gasteiger partial charge in [-0.05, 0) is 63.6 Å². The average Bonchev–Trinajstić information content (AvgIpc) is 3.32. The Hall–Kier alpha value is -2.92. The van der Waals surface area contributed by atoms with Crippen LogP contribution in [0.2, 0.25) is 0 Å². The van der Waals surface area contributed by atoms with Gasteiger partial charge in [0.15, 0.2) is 0 Å². The molecule has 0 radical (unpaired) electrons. The number of amides is 2. The molecule has 2 fully saturated rings. The van der Waals surface area contributed by atoms with E-state index in [0.29, 0.717) is 25.1 Å². The highest BCUT2D eigenvalue weighted by atomic mass is 19.4. The number of aryl methyl sites for hydroxylation is 3. The molecule has 2 amide bonds. The van der Waals surface area contributed by atoms with Crippen molar-refractivity contribution in [3.63, 3.8) is 0 Å². The zero-order valence-corrected chi connectivity index (χ0v) is 20.1. The van der Waals surface area contributed by atoms with Crippen molar-refractivity contribution in [2.24, 2.45) is 0 Å². The van der Waals surface area contributed by atoms with Crippen LogP contribution in [0, 0.1) is 20.8 Å². The van der Waals surface area contributed by atoms with E-state index in [0.717, 1.165) is 32.5 Å². The first-order valence-electron chi connectivity index (χ1n) is 11.6. The molecular formula is C24H27F6N3O3. The van der Waals surface area contributed by atoms with Crippen molar-refractivity contribution in [3.8, 4) is 0 Å². The molecule has 3 heterocycles. The lowest BCUT2D eigenvalue weighted by molar-refractivity contribution is -0.308. The summed E-state index contributed by atoms with van der Waals surface area (Å²) in [5.74, 6) is -0.205. The molecule has 1 N–H and O–H groups in total. The fraction of sp³-hybridized carbons (Fsp3) is 0.583. The minimum absolute atomic E-state index is 0.116. The normalized spacial score (nSPS) is 18.5. The van der Waals surface area contributed by atoms with Crippen molar-refractivity contribution >= 4 is 22.9 Å². The molecule has 0 unspecified atom stereocenters. The Morgan fingerprint density at radius 2 is 1.58 bits per heavy atom. The van der Waals surface area contributed by atoms with Gasteiger partial charge < -0.3 is 19.5 Å². The number of hydrogen-bond donors (Lipinski definition) is 1. The topological polar surface area (TPSA) is 65.6 Å². The van der Waals surface area contributed by atoms with E-state index in [1.165, 1.54) is 0 Å². The van der Waals surface area contributed by atoms with E-state index in [-0.39, 0.29) is 31.8 Å². The minimum Gasteiger partial charge on any atom is -0.426 e. The third kappa shape index (κ3) is 4.61. The Bertz CT molecular complexity index is 1160. The molecule has 36 heavy (non-hydrogen) atoms. The standard InChI is InChI=1S/C24H27F6N3O3/c1-13-11-14(2)17-16(12-13)15(3)18(31-17)19(34)33-8-4-5-22(33)6-9-32(10-7-22)21(35)36-20(23(25,26)27)24(28,29)30/h11-12,20,31H,4-10H2,1-3H3. The van der Waals surface area contributed by atoms with Gasteiger partial charge >= 0.3 is 18.4 Å². The largest absolute Gasteiger partial charge is 0.434 e. The molecule has 2 aliphatic heterocycles. The van der Waals surface area contributed by atoms with Gasteiger partial charge in [0, 0.05) is 36.1 Å². The maximum Gasteiger partial charge on any atom is 0.434 e. The lowest BCUT2D eigenvalue weighted by Crippen LogP contribution is -2.56. The number of carbonyl (C=O) groups excluding carboxylic acids is 2. The zero-order chi connectivity index (χ0) is 26.6. The molecule has 0 saturated carbocycles. The van der Waals surface area contributed by atoms with E-state index >= 15 is 0 Å².